The standard InChI is InChI=1S/C23H25N3O5S/c1-14-6-10-20(30-5)19(12-14)26-32(28,29)22-13-18(8-7-15(22)2)9-11-21-23(24-17(4)27)16(3)25-31-21/h6-13,26H,1-5H3,(H,24,27)/b11-9-. The molecular weight excluding hydrogens is 430 g/mol. The summed E-state index contributed by atoms with van der Waals surface area (Å²) in [5, 5.41) is 6.55. The van der Waals surface area contributed by atoms with Crippen LogP contribution in [0.1, 0.15) is 35.1 Å². The Morgan fingerprint density at radius 2 is 1.84 bits per heavy atom. The second-order valence-corrected chi connectivity index (χ2v) is 9.01. The van der Waals surface area contributed by atoms with Crippen LogP contribution in [0.2, 0.25) is 0 Å². The zero-order valence-electron chi connectivity index (χ0n) is 18.5. The number of carbonyl (C=O) groups is 1. The molecule has 0 saturated heterocycles. The van der Waals surface area contributed by atoms with E-state index in [1.165, 1.54) is 14.0 Å². The Bertz CT molecular complexity index is 1290. The maximum absolute atomic E-state index is 13.1. The molecule has 0 saturated carbocycles. The monoisotopic (exact) mass is 455 g/mol. The summed E-state index contributed by atoms with van der Waals surface area (Å²) in [6, 6.07) is 10.4. The third kappa shape index (κ3) is 5.17. The minimum absolute atomic E-state index is 0.138. The smallest absolute Gasteiger partial charge is 0.262 e. The van der Waals surface area contributed by atoms with Crippen LogP contribution >= 0.6 is 0 Å². The number of anilines is 2. The van der Waals surface area contributed by atoms with E-state index < -0.39 is 10.0 Å². The van der Waals surface area contributed by atoms with Gasteiger partial charge < -0.3 is 14.6 Å². The number of nitrogens with one attached hydrogen (secondary N) is 2. The van der Waals surface area contributed by atoms with Gasteiger partial charge in [0.25, 0.3) is 10.0 Å². The number of rotatable bonds is 7. The number of carbonyl (C=O) groups excluding carboxylic acids is 1. The number of nitrogens with zero attached hydrogens (tertiary/aromatic N) is 1. The molecule has 0 fully saturated rings. The molecule has 2 N–H and O–H groups in total. The number of ether oxygens (including phenoxy) is 1. The lowest BCUT2D eigenvalue weighted by atomic mass is 10.1. The predicted molar refractivity (Wildman–Crippen MR) is 124 cm³/mol. The van der Waals surface area contributed by atoms with E-state index in [4.69, 9.17) is 9.26 Å². The third-order valence-electron chi connectivity index (χ3n) is 4.72. The molecule has 0 bridgehead atoms. The molecule has 3 aromatic rings. The predicted octanol–water partition coefficient (Wildman–Crippen LogP) is 4.54. The highest BCUT2D eigenvalue weighted by Gasteiger charge is 2.19. The highest BCUT2D eigenvalue weighted by molar-refractivity contribution is 7.92. The van der Waals surface area contributed by atoms with E-state index in [1.807, 2.05) is 13.0 Å². The topological polar surface area (TPSA) is 111 Å². The van der Waals surface area contributed by atoms with Crippen molar-refractivity contribution in [2.75, 3.05) is 17.1 Å². The quantitative estimate of drug-likeness (QED) is 0.541. The van der Waals surface area contributed by atoms with Crippen molar-refractivity contribution in [3.05, 3.63) is 64.5 Å². The van der Waals surface area contributed by atoms with Crippen LogP contribution in [-0.2, 0) is 14.8 Å². The van der Waals surface area contributed by atoms with Crippen molar-refractivity contribution in [1.82, 2.24) is 5.16 Å². The van der Waals surface area contributed by atoms with Gasteiger partial charge >= 0.3 is 0 Å². The van der Waals surface area contributed by atoms with E-state index in [0.29, 0.717) is 39.7 Å². The fraction of sp³-hybridized carbons (Fsp3) is 0.217. The van der Waals surface area contributed by atoms with Gasteiger partial charge in [-0.3, -0.25) is 9.52 Å². The molecule has 168 valence electrons. The first-order chi connectivity index (χ1) is 15.1. The molecular formula is C23H25N3O5S. The summed E-state index contributed by atoms with van der Waals surface area (Å²) < 4.78 is 39.4. The highest BCUT2D eigenvalue weighted by Crippen LogP contribution is 2.29. The number of aromatic nitrogens is 1. The summed E-state index contributed by atoms with van der Waals surface area (Å²) in [6.07, 6.45) is 3.32. The molecule has 0 aliphatic carbocycles. The van der Waals surface area contributed by atoms with Gasteiger partial charge in [0.05, 0.1) is 17.7 Å². The first-order valence-corrected chi connectivity index (χ1v) is 11.3. The van der Waals surface area contributed by atoms with Gasteiger partial charge in [0.1, 0.15) is 17.1 Å². The maximum atomic E-state index is 13.1. The molecule has 0 unspecified atom stereocenters. The molecule has 1 heterocycles. The second-order valence-electron chi connectivity index (χ2n) is 7.36. The molecule has 9 heteroatoms. The van der Waals surface area contributed by atoms with Crippen molar-refractivity contribution in [1.29, 1.82) is 0 Å². The van der Waals surface area contributed by atoms with Crippen molar-refractivity contribution in [3.8, 4) is 5.75 Å². The zero-order chi connectivity index (χ0) is 23.5. The van der Waals surface area contributed by atoms with Crippen LogP contribution < -0.4 is 14.8 Å². The van der Waals surface area contributed by atoms with E-state index in [2.05, 4.69) is 15.2 Å². The first kappa shape index (κ1) is 23.1. The number of hydrogen-bond acceptors (Lipinski definition) is 6. The van der Waals surface area contributed by atoms with Gasteiger partial charge in [-0.2, -0.15) is 0 Å². The molecule has 3 rings (SSSR count). The number of hydrogen-bond donors (Lipinski definition) is 2. The van der Waals surface area contributed by atoms with Crippen molar-refractivity contribution >= 4 is 39.5 Å². The summed E-state index contributed by atoms with van der Waals surface area (Å²) in [4.78, 5) is 11.5. The average Bonchev–Trinajstić information content (AvgIpc) is 3.06. The number of amides is 1. The lowest BCUT2D eigenvalue weighted by molar-refractivity contribution is -0.114. The van der Waals surface area contributed by atoms with Crippen LogP contribution in [0.4, 0.5) is 11.4 Å². The summed E-state index contributed by atoms with van der Waals surface area (Å²) >= 11 is 0. The molecule has 0 atom stereocenters. The molecule has 2 aromatic carbocycles. The van der Waals surface area contributed by atoms with E-state index in [0.717, 1.165) is 5.56 Å². The fourth-order valence-corrected chi connectivity index (χ4v) is 4.45. The first-order valence-electron chi connectivity index (χ1n) is 9.81. The van der Waals surface area contributed by atoms with Gasteiger partial charge in [0, 0.05) is 6.92 Å². The zero-order valence-corrected chi connectivity index (χ0v) is 19.3. The Balaban J connectivity index is 1.93. The molecule has 0 radical (unpaired) electrons. The minimum atomic E-state index is -3.88. The number of benzene rings is 2. The van der Waals surface area contributed by atoms with Crippen molar-refractivity contribution < 1.29 is 22.5 Å². The van der Waals surface area contributed by atoms with Gasteiger partial charge in [-0.15, -0.1) is 0 Å². The average molecular weight is 456 g/mol. The van der Waals surface area contributed by atoms with Crippen molar-refractivity contribution in [2.24, 2.45) is 0 Å². The Labute approximate surface area is 187 Å². The SMILES string of the molecule is COc1ccc(C)cc1NS(=O)(=O)c1cc(/C=C\c2onc(C)c2NC(C)=O)ccc1C. The molecule has 0 spiro atoms. The maximum Gasteiger partial charge on any atom is 0.262 e. The molecule has 0 aliphatic heterocycles. The third-order valence-corrected chi connectivity index (χ3v) is 6.23. The number of aryl methyl sites for hydroxylation is 3. The molecule has 0 aliphatic rings. The van der Waals surface area contributed by atoms with Crippen LogP contribution in [0, 0.1) is 20.8 Å². The number of sulfonamides is 1. The van der Waals surface area contributed by atoms with Crippen LogP contribution in [0.5, 0.6) is 5.75 Å². The number of methoxy groups -OCH3 is 1. The Morgan fingerprint density at radius 3 is 2.53 bits per heavy atom. The summed E-state index contributed by atoms with van der Waals surface area (Å²) in [5.41, 5.74) is 3.51. The largest absolute Gasteiger partial charge is 0.495 e. The van der Waals surface area contributed by atoms with Crippen LogP contribution in [0.3, 0.4) is 0 Å². The minimum Gasteiger partial charge on any atom is -0.495 e. The summed E-state index contributed by atoms with van der Waals surface area (Å²) in [5.74, 6) is 0.552. The van der Waals surface area contributed by atoms with Crippen molar-refractivity contribution in [3.63, 3.8) is 0 Å². The lowest BCUT2D eigenvalue weighted by Gasteiger charge is -2.14. The van der Waals surface area contributed by atoms with Gasteiger partial charge in [-0.25, -0.2) is 8.42 Å². The van der Waals surface area contributed by atoms with E-state index >= 15 is 0 Å². The molecule has 1 aromatic heterocycles. The van der Waals surface area contributed by atoms with Crippen LogP contribution in [0.25, 0.3) is 12.2 Å². The van der Waals surface area contributed by atoms with Gasteiger partial charge in [-0.05, 0) is 61.7 Å². The van der Waals surface area contributed by atoms with E-state index in [1.54, 1.807) is 56.3 Å². The highest BCUT2D eigenvalue weighted by atomic mass is 32.2. The Hall–Kier alpha value is -3.59. The summed E-state index contributed by atoms with van der Waals surface area (Å²) in [7, 11) is -2.39. The van der Waals surface area contributed by atoms with E-state index in [-0.39, 0.29) is 10.8 Å². The van der Waals surface area contributed by atoms with Gasteiger partial charge in [0.2, 0.25) is 5.91 Å². The van der Waals surface area contributed by atoms with Crippen molar-refractivity contribution in [2.45, 2.75) is 32.6 Å². The Morgan fingerprint density at radius 1 is 1.09 bits per heavy atom. The summed E-state index contributed by atoms with van der Waals surface area (Å²) in [6.45, 7) is 6.71. The van der Waals surface area contributed by atoms with Gasteiger partial charge in [-0.1, -0.05) is 29.4 Å². The van der Waals surface area contributed by atoms with Gasteiger partial charge in [0.15, 0.2) is 5.76 Å². The van der Waals surface area contributed by atoms with Crippen LogP contribution in [-0.4, -0.2) is 26.6 Å². The van der Waals surface area contributed by atoms with Crippen LogP contribution in [0.15, 0.2) is 45.8 Å². The normalized spacial score (nSPS) is 11.5. The second kappa shape index (κ2) is 9.27. The van der Waals surface area contributed by atoms with E-state index in [9.17, 15) is 13.2 Å². The fourth-order valence-electron chi connectivity index (χ4n) is 3.11. The molecule has 1 amide bonds. The molecule has 8 nitrogen and oxygen atoms in total. The Kier molecular flexibility index (Phi) is 6.69. The molecule has 32 heavy (non-hydrogen) atoms. The lowest BCUT2D eigenvalue weighted by Crippen LogP contribution is -2.15.